The van der Waals surface area contributed by atoms with Crippen molar-refractivity contribution in [3.8, 4) is 0 Å². The third-order valence-electron chi connectivity index (χ3n) is 7.57. The average molecular weight is 624 g/mol. The van der Waals surface area contributed by atoms with Crippen molar-refractivity contribution in [2.24, 2.45) is 5.92 Å². The molecule has 234 valence electrons. The van der Waals surface area contributed by atoms with E-state index in [-0.39, 0.29) is 43.9 Å². The molecule has 2 aliphatic rings. The van der Waals surface area contributed by atoms with E-state index in [1.54, 1.807) is 19.1 Å². The molecular weight excluding hydrogens is 596 g/mol. The van der Waals surface area contributed by atoms with Crippen molar-refractivity contribution in [1.29, 1.82) is 0 Å². The minimum atomic E-state index is -5.07. The zero-order valence-corrected chi connectivity index (χ0v) is 23.2. The largest absolute Gasteiger partial charge is 0.444 e. The van der Waals surface area contributed by atoms with Crippen molar-refractivity contribution in [2.75, 3.05) is 13.1 Å². The van der Waals surface area contributed by atoms with Crippen LogP contribution < -0.4 is 0 Å². The maximum atomic E-state index is 13.8. The molecule has 0 spiro atoms. The Morgan fingerprint density at radius 1 is 0.955 bits per heavy atom. The minimum absolute atomic E-state index is 0.0126. The van der Waals surface area contributed by atoms with Crippen LogP contribution in [-0.4, -0.2) is 67.9 Å². The lowest BCUT2D eigenvalue weighted by molar-refractivity contribution is -0.172. The first kappa shape index (κ1) is 30.9. The van der Waals surface area contributed by atoms with E-state index in [0.717, 1.165) is 5.56 Å². The number of imidazole rings is 1. The van der Waals surface area contributed by atoms with Crippen LogP contribution in [0.5, 0.6) is 0 Å². The summed E-state index contributed by atoms with van der Waals surface area (Å²) in [5.41, 5.74) is -2.23. The number of H-pyrrole nitrogens is 1. The second kappa shape index (κ2) is 11.8. The molecule has 0 unspecified atom stereocenters. The average Bonchev–Trinajstić information content (AvgIpc) is 3.48. The molecule has 3 heterocycles. The summed E-state index contributed by atoms with van der Waals surface area (Å²) >= 11 is 0. The molecule has 0 saturated carbocycles. The number of fused-ring (bicyclic) bond motifs is 1. The summed E-state index contributed by atoms with van der Waals surface area (Å²) in [5, 5.41) is 0. The summed E-state index contributed by atoms with van der Waals surface area (Å²) in [7, 11) is 0. The van der Waals surface area contributed by atoms with Crippen molar-refractivity contribution < 1.29 is 45.5 Å². The topological polar surface area (TPSA) is 98.8 Å². The molecule has 2 aliphatic heterocycles. The number of hydrogen-bond donors (Lipinski definition) is 1. The van der Waals surface area contributed by atoms with Crippen LogP contribution in [0.15, 0.2) is 61.1 Å². The third kappa shape index (κ3) is 6.50. The van der Waals surface area contributed by atoms with Crippen LogP contribution in [0.4, 0.5) is 31.1 Å². The molecule has 2 fully saturated rings. The number of halogens is 6. The number of aromatic nitrogens is 2. The van der Waals surface area contributed by atoms with Gasteiger partial charge in [0.2, 0.25) is 11.8 Å². The van der Waals surface area contributed by atoms with E-state index in [1.807, 2.05) is 18.2 Å². The van der Waals surface area contributed by atoms with Crippen LogP contribution in [0.25, 0.3) is 0 Å². The van der Waals surface area contributed by atoms with Gasteiger partial charge in [0.25, 0.3) is 0 Å². The fourth-order valence-corrected chi connectivity index (χ4v) is 5.47. The van der Waals surface area contributed by atoms with E-state index in [2.05, 4.69) is 9.97 Å². The number of carbonyl (C=O) groups excluding carboxylic acids is 3. The fourth-order valence-electron chi connectivity index (χ4n) is 5.47. The maximum Gasteiger partial charge on any atom is 0.416 e. The Hall–Kier alpha value is -4.56. The number of nitrogens with zero attached hydrogens (tertiary/aromatic N) is 4. The molecule has 0 bridgehead atoms. The Morgan fingerprint density at radius 3 is 2.20 bits per heavy atom. The van der Waals surface area contributed by atoms with E-state index in [4.69, 9.17) is 4.74 Å². The third-order valence-corrected chi connectivity index (χ3v) is 7.57. The van der Waals surface area contributed by atoms with E-state index in [0.29, 0.717) is 17.8 Å². The van der Waals surface area contributed by atoms with Gasteiger partial charge in [0, 0.05) is 31.4 Å². The quantitative estimate of drug-likeness (QED) is 0.397. The van der Waals surface area contributed by atoms with E-state index in [1.165, 1.54) is 27.2 Å². The number of amides is 3. The van der Waals surface area contributed by atoms with Crippen molar-refractivity contribution in [3.63, 3.8) is 0 Å². The molecule has 3 amide bonds. The van der Waals surface area contributed by atoms with Crippen LogP contribution in [-0.2, 0) is 46.3 Å². The number of alkyl halides is 6. The first-order valence-corrected chi connectivity index (χ1v) is 13.6. The van der Waals surface area contributed by atoms with Gasteiger partial charge >= 0.3 is 18.4 Å². The van der Waals surface area contributed by atoms with Gasteiger partial charge in [-0.3, -0.25) is 14.5 Å². The van der Waals surface area contributed by atoms with Crippen molar-refractivity contribution >= 4 is 17.9 Å². The van der Waals surface area contributed by atoms with Gasteiger partial charge in [-0.2, -0.15) is 26.3 Å². The van der Waals surface area contributed by atoms with Gasteiger partial charge < -0.3 is 19.5 Å². The van der Waals surface area contributed by atoms with Crippen LogP contribution in [0.3, 0.4) is 0 Å². The fraction of sp³-hybridized carbons (Fsp3) is 0.379. The van der Waals surface area contributed by atoms with E-state index >= 15 is 0 Å². The number of rotatable bonds is 6. The first-order chi connectivity index (χ1) is 20.7. The number of hydrogen-bond acceptors (Lipinski definition) is 5. The Kier molecular flexibility index (Phi) is 8.32. The number of aromatic amines is 1. The molecule has 0 radical (unpaired) electrons. The summed E-state index contributed by atoms with van der Waals surface area (Å²) in [6.45, 7) is 0.597. The number of carbonyl (C=O) groups is 3. The predicted molar refractivity (Wildman–Crippen MR) is 141 cm³/mol. The lowest BCUT2D eigenvalue weighted by atomic mass is 9.96. The van der Waals surface area contributed by atoms with E-state index in [9.17, 15) is 40.7 Å². The van der Waals surface area contributed by atoms with Gasteiger partial charge in [-0.15, -0.1) is 0 Å². The zero-order valence-electron chi connectivity index (χ0n) is 23.2. The number of piperazine rings is 1. The highest BCUT2D eigenvalue weighted by atomic mass is 19.4. The minimum Gasteiger partial charge on any atom is -0.444 e. The Labute approximate surface area is 247 Å². The lowest BCUT2D eigenvalue weighted by Gasteiger charge is -2.53. The SMILES string of the molecule is C[C@H]1CN(C(=O)OCc2cc(C(F)(F)F)cc(C(F)(F)F)c2)[C@H]2CN(Cc3ccccc3)C(=O)[C@H](Cc3cnc[nH]3)N2C1=O. The normalized spacial score (nSPS) is 21.0. The molecule has 9 nitrogen and oxygen atoms in total. The predicted octanol–water partition coefficient (Wildman–Crippen LogP) is 4.84. The van der Waals surface area contributed by atoms with Crippen LogP contribution in [0.2, 0.25) is 0 Å². The van der Waals surface area contributed by atoms with E-state index < -0.39 is 59.9 Å². The molecule has 5 rings (SSSR count). The molecular formula is C29H27F6N5O4. The molecule has 2 aromatic carbocycles. The second-order valence-corrected chi connectivity index (χ2v) is 10.7. The maximum absolute atomic E-state index is 13.8. The van der Waals surface area contributed by atoms with Crippen molar-refractivity contribution in [2.45, 2.75) is 51.1 Å². The highest BCUT2D eigenvalue weighted by Crippen LogP contribution is 2.37. The van der Waals surface area contributed by atoms with Gasteiger partial charge in [-0.05, 0) is 29.3 Å². The van der Waals surface area contributed by atoms with Gasteiger partial charge in [0.05, 0.1) is 29.9 Å². The highest BCUT2D eigenvalue weighted by Gasteiger charge is 2.51. The zero-order chi connectivity index (χ0) is 31.8. The second-order valence-electron chi connectivity index (χ2n) is 10.7. The molecule has 15 heteroatoms. The highest BCUT2D eigenvalue weighted by molar-refractivity contribution is 5.91. The van der Waals surface area contributed by atoms with Gasteiger partial charge in [0.1, 0.15) is 18.8 Å². The number of nitrogens with one attached hydrogen (secondary N) is 1. The molecule has 3 atom stereocenters. The Bertz CT molecular complexity index is 1480. The smallest absolute Gasteiger partial charge is 0.416 e. The Morgan fingerprint density at radius 2 is 1.61 bits per heavy atom. The molecule has 1 N–H and O–H groups in total. The van der Waals surface area contributed by atoms with Crippen LogP contribution >= 0.6 is 0 Å². The monoisotopic (exact) mass is 623 g/mol. The van der Waals surface area contributed by atoms with Crippen molar-refractivity contribution in [1.82, 2.24) is 24.7 Å². The first-order valence-electron chi connectivity index (χ1n) is 13.6. The standard InChI is InChI=1S/C29H27F6N5O4/c1-17-12-39(27(43)44-15-19-7-20(28(30,31)32)9-21(8-19)29(33,34)35)24-14-38(13-18-5-3-2-4-6-18)26(42)23(40(24)25(17)41)10-22-11-36-16-37-22/h2-9,11,16-17,23-24H,10,12-15H2,1H3,(H,36,37)/t17-,23-,24+/m0/s1. The molecule has 3 aromatic rings. The molecule has 0 aliphatic carbocycles. The summed E-state index contributed by atoms with van der Waals surface area (Å²) in [4.78, 5) is 51.5. The molecule has 2 saturated heterocycles. The summed E-state index contributed by atoms with van der Waals surface area (Å²) in [5.74, 6) is -1.52. The number of benzene rings is 2. The molecule has 1 aromatic heterocycles. The van der Waals surface area contributed by atoms with Crippen LogP contribution in [0, 0.1) is 5.92 Å². The Balaban J connectivity index is 1.43. The van der Waals surface area contributed by atoms with Gasteiger partial charge in [-0.1, -0.05) is 37.3 Å². The lowest BCUT2D eigenvalue weighted by Crippen LogP contribution is -2.73. The molecule has 44 heavy (non-hydrogen) atoms. The van der Waals surface area contributed by atoms with Gasteiger partial charge in [0.15, 0.2) is 0 Å². The summed E-state index contributed by atoms with van der Waals surface area (Å²) < 4.78 is 85.2. The van der Waals surface area contributed by atoms with Gasteiger partial charge in [-0.25, -0.2) is 9.78 Å². The summed E-state index contributed by atoms with van der Waals surface area (Å²) in [6.07, 6.45) is -9.20. The number of ether oxygens (including phenoxy) is 1. The summed E-state index contributed by atoms with van der Waals surface area (Å²) in [6, 6.07) is 8.96. The van der Waals surface area contributed by atoms with Crippen molar-refractivity contribution in [3.05, 3.63) is 89.0 Å². The van der Waals surface area contributed by atoms with Crippen LogP contribution in [0.1, 0.15) is 34.9 Å².